The number of nitrogens with two attached hydrogens (primary N) is 1. The Bertz CT molecular complexity index is 336. The van der Waals surface area contributed by atoms with Gasteiger partial charge in [-0.3, -0.25) is 4.79 Å². The minimum Gasteiger partial charge on any atom is -0.374 e. The number of hydrogen-bond donors (Lipinski definition) is 2. The number of carbonyl (C=O) groups is 1. The number of nitrogen functional groups attached to an aromatic ring is 1. The van der Waals surface area contributed by atoms with E-state index < -0.39 is 18.5 Å². The van der Waals surface area contributed by atoms with Gasteiger partial charge in [0.2, 0.25) is 16.2 Å². The maximum atomic E-state index is 11.7. The fourth-order valence-corrected chi connectivity index (χ4v) is 1.16. The molecule has 0 aromatic carbocycles. The highest BCUT2D eigenvalue weighted by molar-refractivity contribution is 7.18. The molecule has 0 radical (unpaired) electrons. The normalized spacial score (nSPS) is 11.4. The fourth-order valence-electron chi connectivity index (χ4n) is 0.631. The summed E-state index contributed by atoms with van der Waals surface area (Å²) in [5.74, 6) is -1.19. The van der Waals surface area contributed by atoms with Crippen LogP contribution < -0.4 is 11.1 Å². The third-order valence-corrected chi connectivity index (χ3v) is 1.72. The van der Waals surface area contributed by atoms with Gasteiger partial charge in [0.05, 0.1) is 0 Å². The molecule has 5 nitrogen and oxygen atoms in total. The Balaban J connectivity index is 2.50. The summed E-state index contributed by atoms with van der Waals surface area (Å²) >= 11 is 0.798. The molecule has 0 fully saturated rings. The summed E-state index contributed by atoms with van der Waals surface area (Å²) in [4.78, 5) is 10.7. The van der Waals surface area contributed by atoms with Crippen molar-refractivity contribution in [2.24, 2.45) is 0 Å². The van der Waals surface area contributed by atoms with Crippen molar-refractivity contribution < 1.29 is 18.0 Å². The van der Waals surface area contributed by atoms with Crippen LogP contribution in [0, 0.1) is 0 Å². The molecule has 9 heteroatoms. The minimum absolute atomic E-state index is 0.0447. The van der Waals surface area contributed by atoms with Crippen molar-refractivity contribution in [2.75, 3.05) is 11.1 Å². The summed E-state index contributed by atoms with van der Waals surface area (Å²) in [5, 5.41) is 8.60. The van der Waals surface area contributed by atoms with Crippen LogP contribution in [0.5, 0.6) is 0 Å². The van der Waals surface area contributed by atoms with E-state index in [1.165, 1.54) is 0 Å². The Kier molecular flexibility index (Phi) is 2.89. The monoisotopic (exact) mass is 226 g/mol. The zero-order valence-corrected chi connectivity index (χ0v) is 7.45. The van der Waals surface area contributed by atoms with Crippen molar-refractivity contribution in [1.82, 2.24) is 10.2 Å². The van der Waals surface area contributed by atoms with Crippen molar-refractivity contribution in [3.05, 3.63) is 0 Å². The van der Waals surface area contributed by atoms with E-state index in [9.17, 15) is 18.0 Å². The van der Waals surface area contributed by atoms with Gasteiger partial charge < -0.3 is 11.1 Å². The van der Waals surface area contributed by atoms with Crippen LogP contribution in [0.4, 0.5) is 23.4 Å². The number of nitrogens with one attached hydrogen (secondary N) is 1. The second-order valence-corrected chi connectivity index (χ2v) is 3.29. The first-order chi connectivity index (χ1) is 6.37. The van der Waals surface area contributed by atoms with Crippen molar-refractivity contribution in [1.29, 1.82) is 0 Å². The second-order valence-electron chi connectivity index (χ2n) is 2.29. The maximum Gasteiger partial charge on any atom is 0.397 e. The summed E-state index contributed by atoms with van der Waals surface area (Å²) < 4.78 is 35.1. The zero-order valence-electron chi connectivity index (χ0n) is 6.63. The SMILES string of the molecule is Nc1nnc(NC(=O)CC(F)(F)F)s1. The Morgan fingerprint density at radius 1 is 1.50 bits per heavy atom. The number of hydrogen-bond acceptors (Lipinski definition) is 5. The van der Waals surface area contributed by atoms with E-state index in [2.05, 4.69) is 10.2 Å². The Morgan fingerprint density at radius 3 is 2.57 bits per heavy atom. The highest BCUT2D eigenvalue weighted by Gasteiger charge is 2.31. The molecular formula is C5H5F3N4OS. The molecule has 0 spiro atoms. The Morgan fingerprint density at radius 2 is 2.14 bits per heavy atom. The van der Waals surface area contributed by atoms with Crippen molar-refractivity contribution in [3.8, 4) is 0 Å². The molecule has 0 saturated heterocycles. The van der Waals surface area contributed by atoms with E-state index >= 15 is 0 Å². The molecule has 14 heavy (non-hydrogen) atoms. The van der Waals surface area contributed by atoms with Crippen molar-refractivity contribution in [3.63, 3.8) is 0 Å². The molecule has 1 amide bonds. The van der Waals surface area contributed by atoms with Gasteiger partial charge in [0.1, 0.15) is 6.42 Å². The number of alkyl halides is 3. The lowest BCUT2D eigenvalue weighted by atomic mass is 10.4. The topological polar surface area (TPSA) is 80.9 Å². The first-order valence-corrected chi connectivity index (χ1v) is 4.14. The van der Waals surface area contributed by atoms with Gasteiger partial charge in [-0.05, 0) is 0 Å². The molecule has 1 aromatic heterocycles. The molecule has 1 heterocycles. The van der Waals surface area contributed by atoms with E-state index in [1.807, 2.05) is 5.32 Å². The summed E-state index contributed by atoms with van der Waals surface area (Å²) in [6.07, 6.45) is -6.08. The van der Waals surface area contributed by atoms with E-state index in [4.69, 9.17) is 5.73 Å². The summed E-state index contributed by atoms with van der Waals surface area (Å²) in [6, 6.07) is 0. The molecular weight excluding hydrogens is 221 g/mol. The summed E-state index contributed by atoms with van der Waals surface area (Å²) in [6.45, 7) is 0. The lowest BCUT2D eigenvalue weighted by Gasteiger charge is -2.04. The van der Waals surface area contributed by atoms with Crippen LogP contribution in [0.25, 0.3) is 0 Å². The second kappa shape index (κ2) is 3.78. The highest BCUT2D eigenvalue weighted by atomic mass is 32.1. The Labute approximate surface area is 80.1 Å². The van der Waals surface area contributed by atoms with Gasteiger partial charge in [-0.2, -0.15) is 13.2 Å². The molecule has 78 valence electrons. The predicted octanol–water partition coefficient (Wildman–Crippen LogP) is 1.01. The number of nitrogens with zero attached hydrogens (tertiary/aromatic N) is 2. The maximum absolute atomic E-state index is 11.7. The average molecular weight is 226 g/mol. The molecule has 0 saturated carbocycles. The van der Waals surface area contributed by atoms with E-state index in [0.29, 0.717) is 0 Å². The number of halogens is 3. The highest BCUT2D eigenvalue weighted by Crippen LogP contribution is 2.21. The quantitative estimate of drug-likeness (QED) is 0.788. The zero-order chi connectivity index (χ0) is 10.8. The molecule has 0 aliphatic rings. The van der Waals surface area contributed by atoms with Crippen LogP contribution in [0.15, 0.2) is 0 Å². The molecule has 1 aromatic rings. The van der Waals surface area contributed by atoms with Crippen LogP contribution in [0.2, 0.25) is 0 Å². The Hall–Kier alpha value is -1.38. The van der Waals surface area contributed by atoms with E-state index in [-0.39, 0.29) is 10.3 Å². The van der Waals surface area contributed by atoms with E-state index in [0.717, 1.165) is 11.3 Å². The van der Waals surface area contributed by atoms with Crippen molar-refractivity contribution >= 4 is 27.5 Å². The largest absolute Gasteiger partial charge is 0.397 e. The molecule has 0 bridgehead atoms. The smallest absolute Gasteiger partial charge is 0.374 e. The average Bonchev–Trinajstić information content (AvgIpc) is 2.30. The van der Waals surface area contributed by atoms with Crippen LogP contribution in [0.1, 0.15) is 6.42 Å². The van der Waals surface area contributed by atoms with Gasteiger partial charge in [0.25, 0.3) is 0 Å². The molecule has 0 aliphatic heterocycles. The predicted molar refractivity (Wildman–Crippen MR) is 43.6 cm³/mol. The molecule has 1 rings (SSSR count). The van der Waals surface area contributed by atoms with Gasteiger partial charge in [-0.25, -0.2) is 0 Å². The number of rotatable bonds is 2. The van der Waals surface area contributed by atoms with E-state index in [1.54, 1.807) is 0 Å². The molecule has 0 unspecified atom stereocenters. The third kappa shape index (κ3) is 3.56. The molecule has 0 atom stereocenters. The standard InChI is InChI=1S/C5H5F3N4OS/c6-5(7,8)1-2(13)10-4-12-11-3(9)14-4/h1H2,(H2,9,11)(H,10,12,13). The van der Waals surface area contributed by atoms with Crippen molar-refractivity contribution in [2.45, 2.75) is 12.6 Å². The number of anilines is 2. The number of aromatic nitrogens is 2. The van der Waals surface area contributed by atoms with Gasteiger partial charge in [-0.1, -0.05) is 11.3 Å². The first kappa shape index (κ1) is 10.7. The summed E-state index contributed by atoms with van der Waals surface area (Å²) in [7, 11) is 0. The number of carbonyl (C=O) groups excluding carboxylic acids is 1. The van der Waals surface area contributed by atoms with Crippen LogP contribution in [-0.4, -0.2) is 22.3 Å². The van der Waals surface area contributed by atoms with Gasteiger partial charge >= 0.3 is 6.18 Å². The summed E-state index contributed by atoms with van der Waals surface area (Å²) in [5.41, 5.74) is 5.15. The van der Waals surface area contributed by atoms with Gasteiger partial charge in [0, 0.05) is 0 Å². The molecule has 0 aliphatic carbocycles. The number of amides is 1. The van der Waals surface area contributed by atoms with Gasteiger partial charge in [0.15, 0.2) is 0 Å². The lowest BCUT2D eigenvalue weighted by Crippen LogP contribution is -2.21. The van der Waals surface area contributed by atoms with Crippen LogP contribution in [-0.2, 0) is 4.79 Å². The lowest BCUT2D eigenvalue weighted by molar-refractivity contribution is -0.150. The third-order valence-electron chi connectivity index (χ3n) is 1.05. The molecule has 3 N–H and O–H groups in total. The van der Waals surface area contributed by atoms with Crippen LogP contribution in [0.3, 0.4) is 0 Å². The fraction of sp³-hybridized carbons (Fsp3) is 0.400. The first-order valence-electron chi connectivity index (χ1n) is 3.32. The minimum atomic E-state index is -4.53. The van der Waals surface area contributed by atoms with Gasteiger partial charge in [-0.15, -0.1) is 10.2 Å². The van der Waals surface area contributed by atoms with Crippen LogP contribution >= 0.6 is 11.3 Å².